The zero-order valence-electron chi connectivity index (χ0n) is 17.6. The average Bonchev–Trinajstić information content (AvgIpc) is 3.27. The number of H-pyrrole nitrogens is 1. The molecule has 2 aromatic carbocycles. The molecule has 3 rings (SSSR count). The molecule has 3 aromatic rings. The maximum atomic E-state index is 12.3. The molecule has 1 aromatic heterocycles. The fourth-order valence-electron chi connectivity index (χ4n) is 3.08. The third-order valence-electron chi connectivity index (χ3n) is 4.66. The van der Waals surface area contributed by atoms with Crippen LogP contribution in [0.1, 0.15) is 36.8 Å². The number of hydrogen-bond acceptors (Lipinski definition) is 5. The van der Waals surface area contributed by atoms with E-state index >= 15 is 0 Å². The number of hydrogen-bond donors (Lipinski definition) is 2. The summed E-state index contributed by atoms with van der Waals surface area (Å²) in [7, 11) is 0. The summed E-state index contributed by atoms with van der Waals surface area (Å²) >= 11 is 0. The van der Waals surface area contributed by atoms with Gasteiger partial charge in [-0.05, 0) is 56.7 Å². The van der Waals surface area contributed by atoms with Crippen LogP contribution in [0.2, 0.25) is 0 Å². The highest BCUT2D eigenvalue weighted by molar-refractivity contribution is 5.94. The summed E-state index contributed by atoms with van der Waals surface area (Å²) in [6, 6.07) is 17.3. The molecule has 0 atom stereocenters. The lowest BCUT2D eigenvalue weighted by atomic mass is 10.1. The van der Waals surface area contributed by atoms with E-state index in [1.165, 1.54) is 5.69 Å². The van der Waals surface area contributed by atoms with Gasteiger partial charge in [-0.25, -0.2) is 5.43 Å². The number of hydrazone groups is 1. The van der Waals surface area contributed by atoms with Gasteiger partial charge in [0.15, 0.2) is 0 Å². The van der Waals surface area contributed by atoms with Gasteiger partial charge in [-0.15, -0.1) is 0 Å². The number of carbonyl (C=O) groups excluding carboxylic acids is 1. The molecular weight excluding hydrogens is 378 g/mol. The molecular formula is C23H27N5O2. The Morgan fingerprint density at radius 1 is 1.13 bits per heavy atom. The van der Waals surface area contributed by atoms with Crippen molar-refractivity contribution in [3.8, 4) is 17.0 Å². The van der Waals surface area contributed by atoms with Gasteiger partial charge in [0.1, 0.15) is 11.4 Å². The van der Waals surface area contributed by atoms with Crippen LogP contribution in [0.3, 0.4) is 0 Å². The van der Waals surface area contributed by atoms with E-state index in [9.17, 15) is 4.79 Å². The van der Waals surface area contributed by atoms with Crippen LogP contribution in [0.5, 0.6) is 5.75 Å². The van der Waals surface area contributed by atoms with Crippen LogP contribution in [0.25, 0.3) is 11.3 Å². The highest BCUT2D eigenvalue weighted by Crippen LogP contribution is 2.22. The summed E-state index contributed by atoms with van der Waals surface area (Å²) in [5.74, 6) is 0.409. The predicted molar refractivity (Wildman–Crippen MR) is 120 cm³/mol. The van der Waals surface area contributed by atoms with Crippen molar-refractivity contribution in [3.05, 3.63) is 65.9 Å². The number of nitrogens with zero attached hydrogens (tertiary/aromatic N) is 3. The molecule has 0 aliphatic carbocycles. The average molecular weight is 406 g/mol. The van der Waals surface area contributed by atoms with Crippen molar-refractivity contribution < 1.29 is 9.53 Å². The highest BCUT2D eigenvalue weighted by atomic mass is 16.5. The van der Waals surface area contributed by atoms with Crippen molar-refractivity contribution in [2.24, 2.45) is 5.10 Å². The van der Waals surface area contributed by atoms with Crippen molar-refractivity contribution in [3.63, 3.8) is 0 Å². The third kappa shape index (κ3) is 5.26. The maximum Gasteiger partial charge on any atom is 0.289 e. The molecule has 30 heavy (non-hydrogen) atoms. The lowest BCUT2D eigenvalue weighted by molar-refractivity contribution is 0.0950. The molecule has 0 radical (unpaired) electrons. The van der Waals surface area contributed by atoms with Gasteiger partial charge >= 0.3 is 0 Å². The molecule has 1 heterocycles. The van der Waals surface area contributed by atoms with E-state index in [1.54, 1.807) is 12.3 Å². The van der Waals surface area contributed by atoms with Crippen molar-refractivity contribution in [2.75, 3.05) is 24.6 Å². The monoisotopic (exact) mass is 405 g/mol. The van der Waals surface area contributed by atoms with Crippen LogP contribution in [-0.4, -0.2) is 42.0 Å². The number of aromatic amines is 1. The second-order valence-corrected chi connectivity index (χ2v) is 6.59. The Bertz CT molecular complexity index is 991. The Labute approximate surface area is 176 Å². The van der Waals surface area contributed by atoms with Gasteiger partial charge in [0, 0.05) is 24.3 Å². The van der Waals surface area contributed by atoms with Gasteiger partial charge in [0.25, 0.3) is 5.91 Å². The van der Waals surface area contributed by atoms with Gasteiger partial charge in [-0.2, -0.15) is 10.2 Å². The normalized spacial score (nSPS) is 10.9. The smallest absolute Gasteiger partial charge is 0.289 e. The largest absolute Gasteiger partial charge is 0.494 e. The molecule has 156 valence electrons. The lowest BCUT2D eigenvalue weighted by Gasteiger charge is -2.20. The van der Waals surface area contributed by atoms with Crippen LogP contribution in [0.4, 0.5) is 5.69 Å². The zero-order valence-corrected chi connectivity index (χ0v) is 17.6. The molecule has 7 nitrogen and oxygen atoms in total. The molecule has 7 heteroatoms. The Hall–Kier alpha value is -3.61. The van der Waals surface area contributed by atoms with Crippen LogP contribution in [-0.2, 0) is 0 Å². The van der Waals surface area contributed by atoms with Crippen molar-refractivity contribution in [2.45, 2.75) is 20.8 Å². The van der Waals surface area contributed by atoms with Crippen LogP contribution in [0.15, 0.2) is 59.7 Å². The fraction of sp³-hybridized carbons (Fsp3) is 0.261. The van der Waals surface area contributed by atoms with E-state index in [-0.39, 0.29) is 5.91 Å². The quantitative estimate of drug-likeness (QED) is 0.415. The Morgan fingerprint density at radius 2 is 1.90 bits per heavy atom. The molecule has 0 spiro atoms. The summed E-state index contributed by atoms with van der Waals surface area (Å²) in [5, 5.41) is 11.0. The first-order valence-corrected chi connectivity index (χ1v) is 10.1. The van der Waals surface area contributed by atoms with E-state index in [2.05, 4.69) is 39.5 Å². The molecule has 0 saturated carbocycles. The molecule has 1 amide bonds. The Balaban J connectivity index is 1.61. The number of aromatic nitrogens is 2. The molecule has 0 aliphatic rings. The molecule has 0 bridgehead atoms. The van der Waals surface area contributed by atoms with Gasteiger partial charge in [0.05, 0.1) is 18.5 Å². The first-order chi connectivity index (χ1) is 14.6. The van der Waals surface area contributed by atoms with E-state index in [4.69, 9.17) is 4.74 Å². The van der Waals surface area contributed by atoms with Crippen LogP contribution in [0, 0.1) is 0 Å². The first kappa shape index (κ1) is 21.1. The van der Waals surface area contributed by atoms with E-state index in [0.717, 1.165) is 30.0 Å². The van der Waals surface area contributed by atoms with Crippen LogP contribution < -0.4 is 15.1 Å². The lowest BCUT2D eigenvalue weighted by Crippen LogP contribution is -2.21. The minimum absolute atomic E-state index is 0.334. The van der Waals surface area contributed by atoms with Gasteiger partial charge in [0.2, 0.25) is 0 Å². The number of benzene rings is 2. The third-order valence-corrected chi connectivity index (χ3v) is 4.66. The number of rotatable bonds is 9. The molecule has 0 fully saturated rings. The number of amides is 1. The number of anilines is 1. The fourth-order valence-corrected chi connectivity index (χ4v) is 3.08. The van der Waals surface area contributed by atoms with E-state index < -0.39 is 0 Å². The summed E-state index contributed by atoms with van der Waals surface area (Å²) < 4.78 is 5.51. The van der Waals surface area contributed by atoms with E-state index in [1.807, 2.05) is 55.5 Å². The molecule has 0 saturated heterocycles. The highest BCUT2D eigenvalue weighted by Gasteiger charge is 2.11. The number of carbonyl (C=O) groups is 1. The second-order valence-electron chi connectivity index (χ2n) is 6.59. The summed E-state index contributed by atoms with van der Waals surface area (Å²) in [6.45, 7) is 8.71. The van der Waals surface area contributed by atoms with Crippen molar-refractivity contribution >= 4 is 17.8 Å². The van der Waals surface area contributed by atoms with Crippen molar-refractivity contribution in [1.82, 2.24) is 15.6 Å². The molecule has 0 unspecified atom stereocenters. The SMILES string of the molecule is CCOc1cccc(-c2cc(C(=O)N/N=C/c3ccc(N(CC)CC)cc3)[nH]n2)c1. The minimum atomic E-state index is -0.356. The topological polar surface area (TPSA) is 82.6 Å². The Morgan fingerprint density at radius 3 is 2.60 bits per heavy atom. The number of ether oxygens (including phenoxy) is 1. The van der Waals surface area contributed by atoms with Gasteiger partial charge in [-0.1, -0.05) is 24.3 Å². The standard InChI is InChI=1S/C23H27N5O2/c1-4-28(5-2)19-12-10-17(11-13-19)16-24-27-23(29)22-15-21(25-26-22)18-8-7-9-20(14-18)30-6-3/h7-16H,4-6H2,1-3H3,(H,25,26)(H,27,29)/b24-16+. The summed E-state index contributed by atoms with van der Waals surface area (Å²) in [5.41, 5.74) is 6.47. The minimum Gasteiger partial charge on any atom is -0.494 e. The molecule has 2 N–H and O–H groups in total. The van der Waals surface area contributed by atoms with Gasteiger partial charge in [-0.3, -0.25) is 9.89 Å². The summed E-state index contributed by atoms with van der Waals surface area (Å²) in [6.07, 6.45) is 1.62. The maximum absolute atomic E-state index is 12.3. The van der Waals surface area contributed by atoms with Crippen LogP contribution >= 0.6 is 0 Å². The van der Waals surface area contributed by atoms with Gasteiger partial charge < -0.3 is 9.64 Å². The first-order valence-electron chi connectivity index (χ1n) is 10.1. The number of nitrogens with one attached hydrogen (secondary N) is 2. The second kappa shape index (κ2) is 10.2. The van der Waals surface area contributed by atoms with Crippen molar-refractivity contribution in [1.29, 1.82) is 0 Å². The van der Waals surface area contributed by atoms with E-state index in [0.29, 0.717) is 18.0 Å². The molecule has 0 aliphatic heterocycles. The zero-order chi connectivity index (χ0) is 21.3. The Kier molecular flexibility index (Phi) is 7.21. The predicted octanol–water partition coefficient (Wildman–Crippen LogP) is 4.09. The summed E-state index contributed by atoms with van der Waals surface area (Å²) in [4.78, 5) is 14.6.